The molecule has 0 aliphatic heterocycles. The van der Waals surface area contributed by atoms with Gasteiger partial charge in [-0.25, -0.2) is 9.78 Å². The lowest BCUT2D eigenvalue weighted by atomic mass is 9.94. The fourth-order valence-electron chi connectivity index (χ4n) is 2.55. The molecule has 1 aliphatic carbocycles. The van der Waals surface area contributed by atoms with E-state index in [2.05, 4.69) is 10.3 Å². The van der Waals surface area contributed by atoms with Crippen molar-refractivity contribution in [1.82, 2.24) is 9.88 Å². The van der Waals surface area contributed by atoms with Crippen LogP contribution in [0.5, 0.6) is 0 Å². The Morgan fingerprint density at radius 1 is 1.35 bits per heavy atom. The SMILES string of the molecule is CC(=O)Nc1nc(C(=O)OCC(=O)N(C)C2CCCCC2)cs1. The van der Waals surface area contributed by atoms with Crippen molar-refractivity contribution in [1.29, 1.82) is 0 Å². The van der Waals surface area contributed by atoms with E-state index < -0.39 is 5.97 Å². The van der Waals surface area contributed by atoms with Gasteiger partial charge in [0.05, 0.1) is 0 Å². The zero-order chi connectivity index (χ0) is 16.8. The average molecular weight is 339 g/mol. The maximum absolute atomic E-state index is 12.1. The van der Waals surface area contributed by atoms with Gasteiger partial charge in [-0.1, -0.05) is 19.3 Å². The van der Waals surface area contributed by atoms with Crippen molar-refractivity contribution in [3.05, 3.63) is 11.1 Å². The summed E-state index contributed by atoms with van der Waals surface area (Å²) in [6, 6.07) is 0.237. The van der Waals surface area contributed by atoms with Gasteiger partial charge in [-0.15, -0.1) is 11.3 Å². The second kappa shape index (κ2) is 8.05. The van der Waals surface area contributed by atoms with Crippen molar-refractivity contribution in [3.63, 3.8) is 0 Å². The van der Waals surface area contributed by atoms with Crippen LogP contribution >= 0.6 is 11.3 Å². The molecule has 1 saturated carbocycles. The predicted octanol–water partition coefficient (Wildman–Crippen LogP) is 2.05. The third-order valence-electron chi connectivity index (χ3n) is 3.84. The van der Waals surface area contributed by atoms with Gasteiger partial charge in [-0.05, 0) is 12.8 Å². The summed E-state index contributed by atoms with van der Waals surface area (Å²) in [5.41, 5.74) is 0.0897. The van der Waals surface area contributed by atoms with E-state index in [0.29, 0.717) is 5.13 Å². The molecule has 0 atom stereocenters. The molecular weight excluding hydrogens is 318 g/mol. The number of carbonyl (C=O) groups excluding carboxylic acids is 3. The number of anilines is 1. The number of carbonyl (C=O) groups is 3. The normalized spacial score (nSPS) is 15.0. The number of hydrogen-bond acceptors (Lipinski definition) is 6. The largest absolute Gasteiger partial charge is 0.451 e. The highest BCUT2D eigenvalue weighted by Gasteiger charge is 2.23. The molecule has 0 aromatic carbocycles. The summed E-state index contributed by atoms with van der Waals surface area (Å²) in [5, 5.41) is 4.31. The first kappa shape index (κ1) is 17.4. The summed E-state index contributed by atoms with van der Waals surface area (Å²) < 4.78 is 5.02. The number of hydrogen-bond donors (Lipinski definition) is 1. The maximum atomic E-state index is 12.1. The van der Waals surface area contributed by atoms with Crippen LogP contribution in [-0.4, -0.2) is 47.4 Å². The lowest BCUT2D eigenvalue weighted by Crippen LogP contribution is -2.40. The van der Waals surface area contributed by atoms with Gasteiger partial charge in [0.25, 0.3) is 5.91 Å². The van der Waals surface area contributed by atoms with Crippen molar-refractivity contribution in [2.45, 2.75) is 45.1 Å². The molecule has 8 heteroatoms. The van der Waals surface area contributed by atoms with Crippen LogP contribution in [0.2, 0.25) is 0 Å². The summed E-state index contributed by atoms with van der Waals surface area (Å²) in [5.74, 6) is -1.13. The Morgan fingerprint density at radius 3 is 2.70 bits per heavy atom. The monoisotopic (exact) mass is 339 g/mol. The lowest BCUT2D eigenvalue weighted by molar-refractivity contribution is -0.135. The number of aromatic nitrogens is 1. The van der Waals surface area contributed by atoms with E-state index in [4.69, 9.17) is 4.74 Å². The molecule has 0 radical (unpaired) electrons. The van der Waals surface area contributed by atoms with E-state index in [0.717, 1.165) is 37.0 Å². The zero-order valence-electron chi connectivity index (χ0n) is 13.3. The smallest absolute Gasteiger partial charge is 0.358 e. The molecule has 0 spiro atoms. The second-order valence-corrected chi connectivity index (χ2v) is 6.45. The number of amides is 2. The van der Waals surface area contributed by atoms with Gasteiger partial charge in [-0.3, -0.25) is 9.59 Å². The number of rotatable bonds is 5. The van der Waals surface area contributed by atoms with Crippen molar-refractivity contribution in [2.75, 3.05) is 19.0 Å². The number of nitrogens with zero attached hydrogens (tertiary/aromatic N) is 2. The standard InChI is InChI=1S/C15H21N3O4S/c1-10(19)16-15-17-12(9-23-15)14(21)22-8-13(20)18(2)11-6-4-3-5-7-11/h9,11H,3-8H2,1-2H3,(H,16,17,19). The first-order chi connectivity index (χ1) is 11.0. The van der Waals surface area contributed by atoms with Gasteiger partial charge in [0.1, 0.15) is 0 Å². The Morgan fingerprint density at radius 2 is 2.04 bits per heavy atom. The summed E-state index contributed by atoms with van der Waals surface area (Å²) in [6.07, 6.45) is 5.48. The summed E-state index contributed by atoms with van der Waals surface area (Å²) in [6.45, 7) is 1.07. The van der Waals surface area contributed by atoms with Crippen LogP contribution in [0.15, 0.2) is 5.38 Å². The number of nitrogens with one attached hydrogen (secondary N) is 1. The molecule has 7 nitrogen and oxygen atoms in total. The molecule has 23 heavy (non-hydrogen) atoms. The minimum atomic E-state index is -0.664. The van der Waals surface area contributed by atoms with Crippen LogP contribution in [0.3, 0.4) is 0 Å². The Hall–Kier alpha value is -1.96. The molecule has 1 aliphatic rings. The topological polar surface area (TPSA) is 88.6 Å². The summed E-state index contributed by atoms with van der Waals surface area (Å²) >= 11 is 1.13. The quantitative estimate of drug-likeness (QED) is 0.830. The molecule has 1 fully saturated rings. The van der Waals surface area contributed by atoms with Crippen LogP contribution < -0.4 is 5.32 Å². The van der Waals surface area contributed by atoms with Crippen LogP contribution in [0.1, 0.15) is 49.5 Å². The lowest BCUT2D eigenvalue weighted by Gasteiger charge is -2.31. The van der Waals surface area contributed by atoms with E-state index in [1.165, 1.54) is 18.7 Å². The molecule has 0 saturated heterocycles. The second-order valence-electron chi connectivity index (χ2n) is 5.59. The number of likely N-dealkylation sites (N-methyl/N-ethyl adjacent to an activating group) is 1. The molecule has 0 bridgehead atoms. The van der Waals surface area contributed by atoms with E-state index in [9.17, 15) is 14.4 Å². The third-order valence-corrected chi connectivity index (χ3v) is 4.60. The van der Waals surface area contributed by atoms with Crippen LogP contribution in [-0.2, 0) is 14.3 Å². The predicted molar refractivity (Wildman–Crippen MR) is 86.3 cm³/mol. The first-order valence-electron chi connectivity index (χ1n) is 7.63. The molecular formula is C15H21N3O4S. The fraction of sp³-hybridized carbons (Fsp3) is 0.600. The Bertz CT molecular complexity index is 581. The number of ether oxygens (including phenoxy) is 1. The highest BCUT2D eigenvalue weighted by molar-refractivity contribution is 7.14. The van der Waals surface area contributed by atoms with Crippen LogP contribution in [0.25, 0.3) is 0 Å². The minimum absolute atomic E-state index is 0.0897. The van der Waals surface area contributed by atoms with Crippen molar-refractivity contribution < 1.29 is 19.1 Å². The van der Waals surface area contributed by atoms with Crippen molar-refractivity contribution >= 4 is 34.3 Å². The zero-order valence-corrected chi connectivity index (χ0v) is 14.1. The molecule has 1 aromatic heterocycles. The summed E-state index contributed by atoms with van der Waals surface area (Å²) in [4.78, 5) is 40.5. The molecule has 2 rings (SSSR count). The summed E-state index contributed by atoms with van der Waals surface area (Å²) in [7, 11) is 1.75. The van der Waals surface area contributed by atoms with Crippen LogP contribution in [0.4, 0.5) is 5.13 Å². The third kappa shape index (κ3) is 5.02. The molecule has 0 unspecified atom stereocenters. The first-order valence-corrected chi connectivity index (χ1v) is 8.51. The van der Waals surface area contributed by atoms with E-state index >= 15 is 0 Å². The molecule has 1 N–H and O–H groups in total. The molecule has 1 heterocycles. The molecule has 1 aromatic rings. The van der Waals surface area contributed by atoms with Gasteiger partial charge in [0.2, 0.25) is 5.91 Å². The van der Waals surface area contributed by atoms with Gasteiger partial charge in [-0.2, -0.15) is 0 Å². The average Bonchev–Trinajstić information content (AvgIpc) is 3.00. The van der Waals surface area contributed by atoms with Crippen molar-refractivity contribution in [3.8, 4) is 0 Å². The maximum Gasteiger partial charge on any atom is 0.358 e. The molecule has 126 valence electrons. The van der Waals surface area contributed by atoms with E-state index in [1.54, 1.807) is 11.9 Å². The Kier molecular flexibility index (Phi) is 6.09. The Balaban J connectivity index is 1.82. The number of thiazole rings is 1. The minimum Gasteiger partial charge on any atom is -0.451 e. The highest BCUT2D eigenvalue weighted by Crippen LogP contribution is 2.21. The number of esters is 1. The Labute approximate surface area is 139 Å². The van der Waals surface area contributed by atoms with Gasteiger partial charge in [0, 0.05) is 25.4 Å². The molecule has 2 amide bonds. The van der Waals surface area contributed by atoms with Gasteiger partial charge < -0.3 is 15.0 Å². The van der Waals surface area contributed by atoms with Gasteiger partial charge >= 0.3 is 5.97 Å². The van der Waals surface area contributed by atoms with E-state index in [-0.39, 0.29) is 30.2 Å². The van der Waals surface area contributed by atoms with E-state index in [1.807, 2.05) is 0 Å². The van der Waals surface area contributed by atoms with Crippen LogP contribution in [0, 0.1) is 0 Å². The van der Waals surface area contributed by atoms with Gasteiger partial charge in [0.15, 0.2) is 17.4 Å². The van der Waals surface area contributed by atoms with Crippen molar-refractivity contribution in [2.24, 2.45) is 0 Å². The fourth-order valence-corrected chi connectivity index (χ4v) is 3.28. The highest BCUT2D eigenvalue weighted by atomic mass is 32.1.